The molecule has 1 fully saturated rings. The molecule has 10 nitrogen and oxygen atoms in total. The van der Waals surface area contributed by atoms with E-state index in [1.165, 1.54) is 12.1 Å². The Morgan fingerprint density at radius 3 is 2.71 bits per heavy atom. The highest BCUT2D eigenvalue weighted by Crippen LogP contribution is 2.26. The zero-order valence-electron chi connectivity index (χ0n) is 17.0. The maximum Gasteiger partial charge on any atom is 0.272 e. The highest BCUT2D eigenvalue weighted by atomic mass is 32.2. The molecule has 1 atom stereocenters. The molecule has 4 heterocycles. The van der Waals surface area contributed by atoms with Crippen LogP contribution in [0.1, 0.15) is 33.9 Å². The lowest BCUT2D eigenvalue weighted by molar-refractivity contribution is 0.0934. The molecule has 1 N–H and O–H groups in total. The number of amides is 1. The molecule has 0 bridgehead atoms. The van der Waals surface area contributed by atoms with Gasteiger partial charge in [0.1, 0.15) is 18.1 Å². The first kappa shape index (κ1) is 20.9. The summed E-state index contributed by atoms with van der Waals surface area (Å²) in [6.07, 6.45) is 2.12. The number of ether oxygens (including phenoxy) is 1. The van der Waals surface area contributed by atoms with E-state index in [-0.39, 0.29) is 29.7 Å². The molecule has 162 valence electrons. The Morgan fingerprint density at radius 1 is 1.23 bits per heavy atom. The normalized spacial score (nSPS) is 17.4. The van der Waals surface area contributed by atoms with Gasteiger partial charge in [-0.25, -0.2) is 8.42 Å². The summed E-state index contributed by atoms with van der Waals surface area (Å²) in [5.41, 5.74) is 3.20. The summed E-state index contributed by atoms with van der Waals surface area (Å²) in [6, 6.07) is 6.41. The second kappa shape index (κ2) is 8.42. The molecule has 3 aromatic heterocycles. The number of rotatable bonds is 6. The number of carbonyl (C=O) groups excluding carboxylic acids is 1. The van der Waals surface area contributed by atoms with Crippen molar-refractivity contribution in [1.82, 2.24) is 25.7 Å². The highest BCUT2D eigenvalue weighted by Gasteiger charge is 2.29. The fourth-order valence-electron chi connectivity index (χ4n) is 3.23. The standard InChI is InChI=1S/C20H21N5O5S/c1-12-3-4-14(9-21-12)19-16(13(2)30-25-19)10-29-18-6-5-17(23-24-18)20(26)22-15-7-8-31(27,28)11-15/h3-6,9,15H,7-8,10-11H2,1-2H3,(H,22,26)/t15-/m1/s1. The lowest BCUT2D eigenvalue weighted by Gasteiger charge is -2.10. The molecular formula is C20H21N5O5S. The first-order chi connectivity index (χ1) is 14.8. The number of pyridine rings is 1. The third-order valence-electron chi connectivity index (χ3n) is 4.97. The third kappa shape index (κ3) is 4.88. The van der Waals surface area contributed by atoms with E-state index < -0.39 is 21.8 Å². The van der Waals surface area contributed by atoms with E-state index in [0.29, 0.717) is 17.9 Å². The fraction of sp³-hybridized carbons (Fsp3) is 0.350. The van der Waals surface area contributed by atoms with Gasteiger partial charge in [-0.2, -0.15) is 0 Å². The molecule has 31 heavy (non-hydrogen) atoms. The van der Waals surface area contributed by atoms with E-state index in [2.05, 4.69) is 25.7 Å². The minimum absolute atomic E-state index is 0.0513. The summed E-state index contributed by atoms with van der Waals surface area (Å²) in [4.78, 5) is 16.5. The van der Waals surface area contributed by atoms with Crippen LogP contribution in [-0.2, 0) is 16.4 Å². The number of aromatic nitrogens is 4. The Bertz CT molecular complexity index is 1190. The van der Waals surface area contributed by atoms with Crippen molar-refractivity contribution < 1.29 is 22.5 Å². The first-order valence-electron chi connectivity index (χ1n) is 9.67. The predicted molar refractivity (Wildman–Crippen MR) is 110 cm³/mol. The van der Waals surface area contributed by atoms with Gasteiger partial charge in [-0.15, -0.1) is 10.2 Å². The zero-order valence-corrected chi connectivity index (χ0v) is 17.8. The van der Waals surface area contributed by atoms with Gasteiger partial charge in [-0.3, -0.25) is 9.78 Å². The van der Waals surface area contributed by atoms with Crippen LogP contribution in [0.4, 0.5) is 0 Å². The summed E-state index contributed by atoms with van der Waals surface area (Å²) in [6.45, 7) is 3.85. The van der Waals surface area contributed by atoms with Crippen LogP contribution in [0.25, 0.3) is 11.3 Å². The van der Waals surface area contributed by atoms with Crippen LogP contribution < -0.4 is 10.1 Å². The molecule has 1 aliphatic heterocycles. The van der Waals surface area contributed by atoms with Crippen LogP contribution >= 0.6 is 0 Å². The minimum Gasteiger partial charge on any atom is -0.472 e. The minimum atomic E-state index is -3.08. The maximum absolute atomic E-state index is 12.3. The molecule has 0 spiro atoms. The molecule has 0 unspecified atom stereocenters. The van der Waals surface area contributed by atoms with Crippen molar-refractivity contribution in [3.05, 3.63) is 53.2 Å². The van der Waals surface area contributed by atoms with Crippen LogP contribution in [0.15, 0.2) is 35.0 Å². The molecule has 3 aromatic rings. The Balaban J connectivity index is 1.40. The molecule has 0 aliphatic carbocycles. The van der Waals surface area contributed by atoms with Gasteiger partial charge in [0, 0.05) is 29.6 Å². The van der Waals surface area contributed by atoms with E-state index in [0.717, 1.165) is 16.8 Å². The van der Waals surface area contributed by atoms with Gasteiger partial charge >= 0.3 is 0 Å². The van der Waals surface area contributed by atoms with Crippen LogP contribution in [-0.4, -0.2) is 52.2 Å². The highest BCUT2D eigenvalue weighted by molar-refractivity contribution is 7.91. The summed E-state index contributed by atoms with van der Waals surface area (Å²) in [7, 11) is -3.08. The van der Waals surface area contributed by atoms with Gasteiger partial charge in [0.15, 0.2) is 15.5 Å². The van der Waals surface area contributed by atoms with Crippen LogP contribution in [0.3, 0.4) is 0 Å². The smallest absolute Gasteiger partial charge is 0.272 e. The zero-order chi connectivity index (χ0) is 22.0. The lowest BCUT2D eigenvalue weighted by Crippen LogP contribution is -2.36. The summed E-state index contributed by atoms with van der Waals surface area (Å²) in [5, 5.41) is 14.6. The van der Waals surface area contributed by atoms with Gasteiger partial charge in [0.05, 0.1) is 17.1 Å². The molecule has 11 heteroatoms. The molecule has 1 saturated heterocycles. The van der Waals surface area contributed by atoms with E-state index in [4.69, 9.17) is 9.26 Å². The fourth-order valence-corrected chi connectivity index (χ4v) is 4.90. The van der Waals surface area contributed by atoms with Crippen molar-refractivity contribution in [2.24, 2.45) is 0 Å². The number of hydrogen-bond donors (Lipinski definition) is 1. The Kier molecular flexibility index (Phi) is 5.68. The van der Waals surface area contributed by atoms with Crippen LogP contribution in [0, 0.1) is 13.8 Å². The van der Waals surface area contributed by atoms with Crippen molar-refractivity contribution in [1.29, 1.82) is 0 Å². The lowest BCUT2D eigenvalue weighted by atomic mass is 10.1. The summed E-state index contributed by atoms with van der Waals surface area (Å²) < 4.78 is 34.0. The molecule has 0 aromatic carbocycles. The number of sulfone groups is 1. The van der Waals surface area contributed by atoms with Crippen molar-refractivity contribution in [3.8, 4) is 17.1 Å². The van der Waals surface area contributed by atoms with E-state index in [9.17, 15) is 13.2 Å². The van der Waals surface area contributed by atoms with E-state index in [1.807, 2.05) is 19.1 Å². The number of nitrogens with zero attached hydrogens (tertiary/aromatic N) is 4. The van der Waals surface area contributed by atoms with Gasteiger partial charge in [0.2, 0.25) is 5.88 Å². The van der Waals surface area contributed by atoms with Gasteiger partial charge in [-0.1, -0.05) is 5.16 Å². The van der Waals surface area contributed by atoms with Crippen LogP contribution in [0.2, 0.25) is 0 Å². The first-order valence-corrected chi connectivity index (χ1v) is 11.5. The predicted octanol–water partition coefficient (Wildman–Crippen LogP) is 1.64. The SMILES string of the molecule is Cc1ccc(-c2noc(C)c2COc2ccc(C(=O)N[C@@H]3CCS(=O)(=O)C3)nn2)cn1. The molecule has 4 rings (SSSR count). The summed E-state index contributed by atoms with van der Waals surface area (Å²) >= 11 is 0. The average Bonchev–Trinajstić information content (AvgIpc) is 3.28. The Hall–Kier alpha value is -3.34. The molecule has 1 aliphatic rings. The number of carbonyl (C=O) groups is 1. The summed E-state index contributed by atoms with van der Waals surface area (Å²) in [5.74, 6) is 0.411. The maximum atomic E-state index is 12.3. The van der Waals surface area contributed by atoms with Crippen molar-refractivity contribution >= 4 is 15.7 Å². The van der Waals surface area contributed by atoms with Crippen LogP contribution in [0.5, 0.6) is 5.88 Å². The number of nitrogens with one attached hydrogen (secondary N) is 1. The van der Waals surface area contributed by atoms with Crippen molar-refractivity contribution in [3.63, 3.8) is 0 Å². The molecule has 0 saturated carbocycles. The van der Waals surface area contributed by atoms with Gasteiger partial charge in [0.25, 0.3) is 5.91 Å². The van der Waals surface area contributed by atoms with Crippen molar-refractivity contribution in [2.45, 2.75) is 32.9 Å². The monoisotopic (exact) mass is 443 g/mol. The largest absolute Gasteiger partial charge is 0.472 e. The average molecular weight is 443 g/mol. The van der Waals surface area contributed by atoms with Gasteiger partial charge < -0.3 is 14.6 Å². The van der Waals surface area contributed by atoms with Gasteiger partial charge in [-0.05, 0) is 38.5 Å². The quantitative estimate of drug-likeness (QED) is 0.602. The third-order valence-corrected chi connectivity index (χ3v) is 6.74. The van der Waals surface area contributed by atoms with E-state index >= 15 is 0 Å². The second-order valence-corrected chi connectivity index (χ2v) is 9.60. The Labute approximate surface area is 179 Å². The Morgan fingerprint density at radius 2 is 2.06 bits per heavy atom. The molecule has 0 radical (unpaired) electrons. The second-order valence-electron chi connectivity index (χ2n) is 7.37. The van der Waals surface area contributed by atoms with Crippen molar-refractivity contribution in [2.75, 3.05) is 11.5 Å². The number of aryl methyl sites for hydroxylation is 2. The molecule has 1 amide bonds. The van der Waals surface area contributed by atoms with E-state index in [1.54, 1.807) is 13.1 Å². The molecular weight excluding hydrogens is 422 g/mol. The topological polar surface area (TPSA) is 137 Å². The number of hydrogen-bond acceptors (Lipinski definition) is 9.